The summed E-state index contributed by atoms with van der Waals surface area (Å²) in [5.74, 6) is 0.908. The monoisotopic (exact) mass is 258 g/mol. The molecule has 1 heterocycles. The summed E-state index contributed by atoms with van der Waals surface area (Å²) in [6, 6.07) is 8.46. The Kier molecular flexibility index (Phi) is 4.44. The van der Waals surface area contributed by atoms with Gasteiger partial charge in [0.15, 0.2) is 0 Å². The van der Waals surface area contributed by atoms with E-state index in [9.17, 15) is 0 Å². The molecule has 1 aromatic carbocycles. The zero-order chi connectivity index (χ0) is 13.7. The molecule has 4 heteroatoms. The van der Waals surface area contributed by atoms with Crippen LogP contribution in [0, 0.1) is 0 Å². The molecule has 0 aliphatic rings. The molecule has 102 valence electrons. The highest BCUT2D eigenvalue weighted by Crippen LogP contribution is 2.18. The summed E-state index contributed by atoms with van der Waals surface area (Å²) in [5.41, 5.74) is 2.33. The summed E-state index contributed by atoms with van der Waals surface area (Å²) in [5, 5.41) is 3.37. The van der Waals surface area contributed by atoms with E-state index in [1.807, 2.05) is 26.5 Å². The summed E-state index contributed by atoms with van der Waals surface area (Å²) < 4.78 is 2.08. The Labute approximate surface area is 115 Å². The average Bonchev–Trinajstić information content (AvgIpc) is 2.87. The third kappa shape index (κ3) is 3.28. The van der Waals surface area contributed by atoms with Crippen molar-refractivity contribution in [3.63, 3.8) is 0 Å². The number of aromatic nitrogens is 2. The second-order valence-corrected chi connectivity index (χ2v) is 4.81. The standard InChI is InChI=1S/C15H22N4/c1-4-5-10-16-15-17-11-12-19(15)14-8-6-13(7-9-14)18(2)3/h6-9,11-12H,4-5,10H2,1-3H3,(H,16,17). The van der Waals surface area contributed by atoms with E-state index >= 15 is 0 Å². The Morgan fingerprint density at radius 3 is 2.58 bits per heavy atom. The lowest BCUT2D eigenvalue weighted by Crippen LogP contribution is -2.09. The average molecular weight is 258 g/mol. The van der Waals surface area contributed by atoms with Crippen molar-refractivity contribution in [3.8, 4) is 5.69 Å². The van der Waals surface area contributed by atoms with Crippen molar-refractivity contribution >= 4 is 11.6 Å². The third-order valence-corrected chi connectivity index (χ3v) is 3.10. The van der Waals surface area contributed by atoms with E-state index in [0.29, 0.717) is 0 Å². The smallest absolute Gasteiger partial charge is 0.207 e. The summed E-state index contributed by atoms with van der Waals surface area (Å²) in [7, 11) is 4.09. The van der Waals surface area contributed by atoms with Crippen LogP contribution in [-0.4, -0.2) is 30.2 Å². The SMILES string of the molecule is CCCCNc1nccn1-c1ccc(N(C)C)cc1. The van der Waals surface area contributed by atoms with Gasteiger partial charge in [0.1, 0.15) is 0 Å². The topological polar surface area (TPSA) is 33.1 Å². The molecule has 2 aromatic rings. The van der Waals surface area contributed by atoms with Gasteiger partial charge in [-0.1, -0.05) is 13.3 Å². The molecular weight excluding hydrogens is 236 g/mol. The molecule has 2 rings (SSSR count). The van der Waals surface area contributed by atoms with E-state index in [1.165, 1.54) is 12.1 Å². The Bertz CT molecular complexity index is 499. The summed E-state index contributed by atoms with van der Waals surface area (Å²) >= 11 is 0. The maximum atomic E-state index is 4.36. The van der Waals surface area contributed by atoms with Gasteiger partial charge in [0.25, 0.3) is 0 Å². The minimum Gasteiger partial charge on any atom is -0.378 e. The molecule has 0 amide bonds. The van der Waals surface area contributed by atoms with E-state index < -0.39 is 0 Å². The first kappa shape index (κ1) is 13.5. The molecule has 0 saturated heterocycles. The van der Waals surface area contributed by atoms with Crippen molar-refractivity contribution in [2.75, 3.05) is 30.9 Å². The maximum Gasteiger partial charge on any atom is 0.207 e. The van der Waals surface area contributed by atoms with Gasteiger partial charge >= 0.3 is 0 Å². The fraction of sp³-hybridized carbons (Fsp3) is 0.400. The lowest BCUT2D eigenvalue weighted by atomic mass is 10.2. The minimum atomic E-state index is 0.908. The molecule has 0 aliphatic carbocycles. The Morgan fingerprint density at radius 2 is 1.95 bits per heavy atom. The van der Waals surface area contributed by atoms with Gasteiger partial charge in [-0.05, 0) is 30.7 Å². The number of hydrogen-bond acceptors (Lipinski definition) is 3. The number of anilines is 2. The van der Waals surface area contributed by atoms with E-state index in [1.54, 1.807) is 0 Å². The van der Waals surface area contributed by atoms with Crippen LogP contribution in [0.2, 0.25) is 0 Å². The number of nitrogens with zero attached hydrogens (tertiary/aromatic N) is 3. The lowest BCUT2D eigenvalue weighted by Gasteiger charge is -2.14. The van der Waals surface area contributed by atoms with Gasteiger partial charge in [-0.3, -0.25) is 4.57 Å². The van der Waals surface area contributed by atoms with Gasteiger partial charge in [-0.25, -0.2) is 4.98 Å². The highest BCUT2D eigenvalue weighted by molar-refractivity contribution is 5.51. The summed E-state index contributed by atoms with van der Waals surface area (Å²) in [6.45, 7) is 3.15. The van der Waals surface area contributed by atoms with Crippen LogP contribution in [0.1, 0.15) is 19.8 Å². The van der Waals surface area contributed by atoms with Crippen molar-refractivity contribution in [2.24, 2.45) is 0 Å². The first-order valence-electron chi connectivity index (χ1n) is 6.77. The van der Waals surface area contributed by atoms with Crippen molar-refractivity contribution in [1.82, 2.24) is 9.55 Å². The van der Waals surface area contributed by atoms with Crippen LogP contribution < -0.4 is 10.2 Å². The molecule has 0 radical (unpaired) electrons. The molecule has 4 nitrogen and oxygen atoms in total. The van der Waals surface area contributed by atoms with Crippen molar-refractivity contribution in [1.29, 1.82) is 0 Å². The molecule has 0 atom stereocenters. The van der Waals surface area contributed by atoms with Crippen LogP contribution >= 0.6 is 0 Å². The molecule has 0 spiro atoms. The van der Waals surface area contributed by atoms with Gasteiger partial charge in [-0.15, -0.1) is 0 Å². The van der Waals surface area contributed by atoms with Crippen LogP contribution in [0.4, 0.5) is 11.6 Å². The summed E-state index contributed by atoms with van der Waals surface area (Å²) in [6.07, 6.45) is 6.16. The number of nitrogens with one attached hydrogen (secondary N) is 1. The highest BCUT2D eigenvalue weighted by Gasteiger charge is 2.04. The predicted molar refractivity (Wildman–Crippen MR) is 81.3 cm³/mol. The van der Waals surface area contributed by atoms with Crippen LogP contribution in [0.3, 0.4) is 0 Å². The predicted octanol–water partition coefficient (Wildman–Crippen LogP) is 3.15. The molecule has 1 N–H and O–H groups in total. The van der Waals surface area contributed by atoms with E-state index in [2.05, 4.69) is 51.0 Å². The second kappa shape index (κ2) is 6.27. The maximum absolute atomic E-state index is 4.36. The fourth-order valence-electron chi connectivity index (χ4n) is 1.93. The van der Waals surface area contributed by atoms with Crippen LogP contribution in [0.25, 0.3) is 5.69 Å². The normalized spacial score (nSPS) is 10.5. The summed E-state index contributed by atoms with van der Waals surface area (Å²) in [4.78, 5) is 6.46. The molecule has 0 saturated carbocycles. The largest absolute Gasteiger partial charge is 0.378 e. The zero-order valence-electron chi connectivity index (χ0n) is 11.9. The quantitative estimate of drug-likeness (QED) is 0.808. The Balaban J connectivity index is 2.15. The molecule has 0 bridgehead atoms. The van der Waals surface area contributed by atoms with Gasteiger partial charge < -0.3 is 10.2 Å². The molecule has 0 unspecified atom stereocenters. The lowest BCUT2D eigenvalue weighted by molar-refractivity contribution is 0.823. The Hall–Kier alpha value is -1.97. The van der Waals surface area contributed by atoms with Crippen LogP contribution in [-0.2, 0) is 0 Å². The van der Waals surface area contributed by atoms with Crippen molar-refractivity contribution in [3.05, 3.63) is 36.7 Å². The van der Waals surface area contributed by atoms with Crippen molar-refractivity contribution in [2.45, 2.75) is 19.8 Å². The second-order valence-electron chi connectivity index (χ2n) is 4.81. The number of hydrogen-bond donors (Lipinski definition) is 1. The molecule has 0 aliphatic heterocycles. The number of benzene rings is 1. The number of unbranched alkanes of at least 4 members (excludes halogenated alkanes) is 1. The van der Waals surface area contributed by atoms with Gasteiger partial charge in [0, 0.05) is 44.4 Å². The molecular formula is C15H22N4. The van der Waals surface area contributed by atoms with E-state index in [0.717, 1.165) is 24.6 Å². The van der Waals surface area contributed by atoms with E-state index in [4.69, 9.17) is 0 Å². The van der Waals surface area contributed by atoms with Crippen molar-refractivity contribution < 1.29 is 0 Å². The minimum absolute atomic E-state index is 0.908. The van der Waals surface area contributed by atoms with Gasteiger partial charge in [0.05, 0.1) is 0 Å². The molecule has 1 aromatic heterocycles. The molecule has 0 fully saturated rings. The van der Waals surface area contributed by atoms with Crippen LogP contribution in [0.5, 0.6) is 0 Å². The number of imidazole rings is 1. The third-order valence-electron chi connectivity index (χ3n) is 3.10. The van der Waals surface area contributed by atoms with Gasteiger partial charge in [-0.2, -0.15) is 0 Å². The highest BCUT2D eigenvalue weighted by atomic mass is 15.2. The Morgan fingerprint density at radius 1 is 1.21 bits per heavy atom. The van der Waals surface area contributed by atoms with E-state index in [-0.39, 0.29) is 0 Å². The van der Waals surface area contributed by atoms with Gasteiger partial charge in [0.2, 0.25) is 5.95 Å². The number of rotatable bonds is 6. The zero-order valence-corrected chi connectivity index (χ0v) is 11.9. The molecule has 19 heavy (non-hydrogen) atoms. The first-order valence-corrected chi connectivity index (χ1v) is 6.77. The van der Waals surface area contributed by atoms with Crippen LogP contribution in [0.15, 0.2) is 36.7 Å². The fourth-order valence-corrected chi connectivity index (χ4v) is 1.93. The first-order chi connectivity index (χ1) is 9.22.